The van der Waals surface area contributed by atoms with Gasteiger partial charge in [0.05, 0.1) is 19.8 Å². The fraction of sp³-hybridized carbons (Fsp3) is 0.882. The van der Waals surface area contributed by atoms with Crippen LogP contribution in [0.4, 0.5) is 0 Å². The van der Waals surface area contributed by atoms with E-state index in [9.17, 15) is 0 Å². The van der Waals surface area contributed by atoms with Gasteiger partial charge in [0.1, 0.15) is 13.1 Å². The van der Waals surface area contributed by atoms with Gasteiger partial charge in [0.15, 0.2) is 10.2 Å². The van der Waals surface area contributed by atoms with Gasteiger partial charge in [-0.2, -0.15) is 0 Å². The maximum Gasteiger partial charge on any atom is 0.185 e. The number of rotatable bonds is 5. The Balaban J connectivity index is 1.52. The predicted octanol–water partition coefficient (Wildman–Crippen LogP) is -0.0405. The molecule has 1 aliphatic carbocycles. The van der Waals surface area contributed by atoms with Crippen molar-refractivity contribution in [1.29, 1.82) is 0 Å². The molecule has 0 amide bonds. The maximum atomic E-state index is 5.38. The van der Waals surface area contributed by atoms with Gasteiger partial charge in [0, 0.05) is 19.0 Å². The summed E-state index contributed by atoms with van der Waals surface area (Å²) in [7, 11) is 0. The van der Waals surface area contributed by atoms with Crippen LogP contribution in [0.5, 0.6) is 0 Å². The number of ether oxygens (including phenoxy) is 1. The van der Waals surface area contributed by atoms with Crippen LogP contribution in [0.25, 0.3) is 0 Å². The normalized spacial score (nSPS) is 27.4. The van der Waals surface area contributed by atoms with E-state index < -0.39 is 0 Å². The lowest BCUT2D eigenvalue weighted by molar-refractivity contribution is -0.908. The molecule has 0 spiro atoms. The van der Waals surface area contributed by atoms with Crippen molar-refractivity contribution in [2.24, 2.45) is 11.8 Å². The first-order valence-corrected chi connectivity index (χ1v) is 10.4. The molecule has 1 saturated heterocycles. The van der Waals surface area contributed by atoms with Crippen LogP contribution in [0.2, 0.25) is 0 Å². The summed E-state index contributed by atoms with van der Waals surface area (Å²) < 4.78 is 5.37. The second-order valence-electron chi connectivity index (χ2n) is 7.32. The van der Waals surface area contributed by atoms with Crippen LogP contribution in [0.3, 0.4) is 0 Å². The first-order chi connectivity index (χ1) is 12.1. The number of hydrazine groups is 1. The molecule has 0 aromatic rings. The van der Waals surface area contributed by atoms with Crippen molar-refractivity contribution < 1.29 is 9.64 Å². The summed E-state index contributed by atoms with van der Waals surface area (Å²) in [5.74, 6) is 1.39. The van der Waals surface area contributed by atoms with Gasteiger partial charge >= 0.3 is 0 Å². The van der Waals surface area contributed by atoms with Crippen molar-refractivity contribution in [2.45, 2.75) is 45.6 Å². The highest BCUT2D eigenvalue weighted by atomic mass is 32.1. The van der Waals surface area contributed by atoms with Crippen molar-refractivity contribution in [1.82, 2.24) is 21.5 Å². The average Bonchev–Trinajstić information content (AvgIpc) is 2.62. The number of morpholine rings is 1. The summed E-state index contributed by atoms with van der Waals surface area (Å²) >= 11 is 10.7. The highest BCUT2D eigenvalue weighted by Crippen LogP contribution is 2.29. The SMILES string of the molecule is C[C@@H]1[C@H](C)CCC[C@H]1NC(=S)NNC(=S)NCCC[NH+]1CCOCC1. The summed E-state index contributed by atoms with van der Waals surface area (Å²) in [6, 6.07) is 0.448. The second-order valence-corrected chi connectivity index (χ2v) is 8.14. The molecule has 3 atom stereocenters. The first-order valence-electron chi connectivity index (χ1n) is 9.58. The van der Waals surface area contributed by atoms with Crippen LogP contribution in [-0.2, 0) is 4.74 Å². The Hall–Kier alpha value is -0.700. The maximum absolute atomic E-state index is 5.38. The van der Waals surface area contributed by atoms with Gasteiger partial charge in [-0.05, 0) is 42.7 Å². The fourth-order valence-corrected chi connectivity index (χ4v) is 3.95. The third-order valence-electron chi connectivity index (χ3n) is 5.51. The van der Waals surface area contributed by atoms with Gasteiger partial charge < -0.3 is 20.3 Å². The second kappa shape index (κ2) is 11.1. The lowest BCUT2D eigenvalue weighted by atomic mass is 9.78. The van der Waals surface area contributed by atoms with Crippen molar-refractivity contribution in [2.75, 3.05) is 39.4 Å². The highest BCUT2D eigenvalue weighted by molar-refractivity contribution is 7.80. The molecule has 0 unspecified atom stereocenters. The molecule has 0 aromatic heterocycles. The topological polar surface area (TPSA) is 61.8 Å². The third kappa shape index (κ3) is 7.60. The van der Waals surface area contributed by atoms with E-state index in [0.717, 1.165) is 51.7 Å². The van der Waals surface area contributed by atoms with Crippen molar-refractivity contribution in [3.63, 3.8) is 0 Å². The van der Waals surface area contributed by atoms with Crippen LogP contribution in [0, 0.1) is 11.8 Å². The lowest BCUT2D eigenvalue weighted by Crippen LogP contribution is -3.14. The largest absolute Gasteiger partial charge is 0.370 e. The van der Waals surface area contributed by atoms with Crippen LogP contribution in [0.15, 0.2) is 0 Å². The summed E-state index contributed by atoms with van der Waals surface area (Å²) in [5.41, 5.74) is 5.98. The van der Waals surface area contributed by atoms with Crippen LogP contribution in [0.1, 0.15) is 39.5 Å². The van der Waals surface area contributed by atoms with E-state index in [1.807, 2.05) is 0 Å². The van der Waals surface area contributed by atoms with Gasteiger partial charge in [-0.1, -0.05) is 26.7 Å². The Morgan fingerprint density at radius 2 is 1.80 bits per heavy atom. The Bertz CT molecular complexity index is 431. The molecule has 0 bridgehead atoms. The molecule has 1 saturated carbocycles. The summed E-state index contributed by atoms with van der Waals surface area (Å²) in [4.78, 5) is 1.62. The zero-order valence-electron chi connectivity index (χ0n) is 15.5. The molecule has 2 rings (SSSR count). The van der Waals surface area contributed by atoms with Crippen molar-refractivity contribution >= 4 is 34.7 Å². The minimum absolute atomic E-state index is 0.448. The van der Waals surface area contributed by atoms with Gasteiger partial charge in [-0.3, -0.25) is 10.9 Å². The smallest absolute Gasteiger partial charge is 0.185 e. The molecular formula is C17H34N5OS2+. The number of nitrogens with one attached hydrogen (secondary N) is 5. The lowest BCUT2D eigenvalue weighted by Gasteiger charge is -2.35. The molecular weight excluding hydrogens is 354 g/mol. The van der Waals surface area contributed by atoms with Crippen LogP contribution in [-0.4, -0.2) is 55.7 Å². The summed E-state index contributed by atoms with van der Waals surface area (Å²) in [5, 5.41) is 7.85. The van der Waals surface area contributed by atoms with E-state index in [-0.39, 0.29) is 0 Å². The third-order valence-corrected chi connectivity index (χ3v) is 5.97. The Morgan fingerprint density at radius 3 is 2.56 bits per heavy atom. The van der Waals surface area contributed by atoms with E-state index in [0.29, 0.717) is 22.2 Å². The monoisotopic (exact) mass is 388 g/mol. The van der Waals surface area contributed by atoms with Gasteiger partial charge in [0.2, 0.25) is 0 Å². The molecule has 1 heterocycles. The molecule has 1 aliphatic heterocycles. The van der Waals surface area contributed by atoms with E-state index in [1.54, 1.807) is 4.90 Å². The molecule has 5 N–H and O–H groups in total. The molecule has 144 valence electrons. The number of hydrogen-bond donors (Lipinski definition) is 5. The van der Waals surface area contributed by atoms with Crippen molar-refractivity contribution in [3.8, 4) is 0 Å². The summed E-state index contributed by atoms with van der Waals surface area (Å²) in [6.45, 7) is 10.7. The van der Waals surface area contributed by atoms with Crippen LogP contribution < -0.4 is 26.4 Å². The van der Waals surface area contributed by atoms with Gasteiger partial charge in [-0.25, -0.2) is 0 Å². The molecule has 2 aliphatic rings. The number of thiocarbonyl (C=S) groups is 2. The standard InChI is InChI=1S/C17H33N5OS2/c1-13-5-3-6-15(14(13)2)19-17(25)21-20-16(24)18-7-4-8-22-9-11-23-12-10-22/h13-15H,3-12H2,1-2H3,(H2,18,20,24)(H2,19,21,25)/p+1/t13-,14-,15-/m1/s1. The van der Waals surface area contributed by atoms with E-state index in [1.165, 1.54) is 19.3 Å². The van der Waals surface area contributed by atoms with Crippen LogP contribution >= 0.6 is 24.4 Å². The highest BCUT2D eigenvalue weighted by Gasteiger charge is 2.27. The van der Waals surface area contributed by atoms with E-state index in [2.05, 4.69) is 35.3 Å². The van der Waals surface area contributed by atoms with Gasteiger partial charge in [0.25, 0.3) is 0 Å². The quantitative estimate of drug-likeness (QED) is 0.257. The first kappa shape index (κ1) is 20.6. The molecule has 0 radical (unpaired) electrons. The summed E-state index contributed by atoms with van der Waals surface area (Å²) in [6.07, 6.45) is 4.86. The van der Waals surface area contributed by atoms with E-state index >= 15 is 0 Å². The predicted molar refractivity (Wildman–Crippen MR) is 110 cm³/mol. The zero-order valence-corrected chi connectivity index (χ0v) is 17.2. The molecule has 6 nitrogen and oxygen atoms in total. The molecule has 25 heavy (non-hydrogen) atoms. The minimum Gasteiger partial charge on any atom is -0.370 e. The molecule has 8 heteroatoms. The Labute approximate surface area is 162 Å². The van der Waals surface area contributed by atoms with Crippen molar-refractivity contribution in [3.05, 3.63) is 0 Å². The molecule has 2 fully saturated rings. The Morgan fingerprint density at radius 1 is 1.08 bits per heavy atom. The number of quaternary nitrogens is 1. The van der Waals surface area contributed by atoms with E-state index in [4.69, 9.17) is 29.2 Å². The average molecular weight is 389 g/mol. The van der Waals surface area contributed by atoms with Gasteiger partial charge in [-0.15, -0.1) is 0 Å². The number of hydrogen-bond acceptors (Lipinski definition) is 3. The molecule has 0 aromatic carbocycles. The zero-order chi connectivity index (χ0) is 18.1. The Kier molecular flexibility index (Phi) is 9.16. The minimum atomic E-state index is 0.448. The fourth-order valence-electron chi connectivity index (χ4n) is 3.60.